The van der Waals surface area contributed by atoms with E-state index in [0.717, 1.165) is 25.5 Å². The Labute approximate surface area is 103 Å². The molecular weight excluding hydrogens is 214 g/mol. The van der Waals surface area contributed by atoms with Crippen molar-refractivity contribution >= 4 is 0 Å². The first-order chi connectivity index (χ1) is 8.15. The predicted octanol–water partition coefficient (Wildman–Crippen LogP) is 2.20. The smallest absolute Gasteiger partial charge is 0.0665 e. The van der Waals surface area contributed by atoms with E-state index < -0.39 is 0 Å². The molecule has 1 saturated heterocycles. The summed E-state index contributed by atoms with van der Waals surface area (Å²) >= 11 is 0. The lowest BCUT2D eigenvalue weighted by molar-refractivity contribution is -0.0278. The third-order valence-corrected chi connectivity index (χ3v) is 3.85. The average molecular weight is 237 g/mol. The van der Waals surface area contributed by atoms with Gasteiger partial charge in [-0.25, -0.2) is 0 Å². The van der Waals surface area contributed by atoms with Crippen molar-refractivity contribution in [1.29, 1.82) is 0 Å². The molecule has 0 bridgehead atoms. The maximum Gasteiger partial charge on any atom is 0.0665 e. The molecule has 0 saturated carbocycles. The minimum Gasteiger partial charge on any atom is -0.378 e. The number of aromatic nitrogens is 2. The van der Waals surface area contributed by atoms with E-state index >= 15 is 0 Å². The minimum absolute atomic E-state index is 0.359. The van der Waals surface area contributed by atoms with Crippen molar-refractivity contribution in [3.63, 3.8) is 0 Å². The van der Waals surface area contributed by atoms with Gasteiger partial charge < -0.3 is 4.74 Å². The summed E-state index contributed by atoms with van der Waals surface area (Å²) in [5.41, 5.74) is 3.60. The lowest BCUT2D eigenvalue weighted by Gasteiger charge is -2.39. The molecule has 96 valence electrons. The molecule has 1 aromatic rings. The van der Waals surface area contributed by atoms with Crippen LogP contribution in [0.4, 0.5) is 0 Å². The van der Waals surface area contributed by atoms with Crippen molar-refractivity contribution in [2.75, 3.05) is 19.8 Å². The third-order valence-electron chi connectivity index (χ3n) is 3.85. The summed E-state index contributed by atoms with van der Waals surface area (Å²) in [5.74, 6) is 0. The van der Waals surface area contributed by atoms with Gasteiger partial charge in [0.25, 0.3) is 0 Å². The van der Waals surface area contributed by atoms with Crippen LogP contribution in [0.25, 0.3) is 0 Å². The summed E-state index contributed by atoms with van der Waals surface area (Å²) in [5, 5.41) is 7.38. The highest BCUT2D eigenvalue weighted by Gasteiger charge is 2.30. The molecule has 0 aromatic carbocycles. The van der Waals surface area contributed by atoms with Gasteiger partial charge in [0.1, 0.15) is 0 Å². The highest BCUT2D eigenvalue weighted by molar-refractivity contribution is 5.27. The number of hydrogen-bond acceptors (Lipinski definition) is 3. The van der Waals surface area contributed by atoms with Crippen LogP contribution in [-0.4, -0.2) is 40.9 Å². The van der Waals surface area contributed by atoms with Gasteiger partial charge in [0.2, 0.25) is 0 Å². The lowest BCUT2D eigenvalue weighted by Crippen LogP contribution is -2.44. The zero-order chi connectivity index (χ0) is 12.4. The van der Waals surface area contributed by atoms with Crippen LogP contribution in [0.15, 0.2) is 0 Å². The molecule has 2 rings (SSSR count). The number of nitrogens with one attached hydrogen (secondary N) is 1. The van der Waals surface area contributed by atoms with Gasteiger partial charge in [-0.3, -0.25) is 10.00 Å². The fourth-order valence-corrected chi connectivity index (χ4v) is 2.68. The zero-order valence-electron chi connectivity index (χ0n) is 11.3. The van der Waals surface area contributed by atoms with Crippen molar-refractivity contribution in [2.45, 2.75) is 46.2 Å². The highest BCUT2D eigenvalue weighted by Crippen LogP contribution is 2.30. The Hall–Kier alpha value is -0.870. The molecule has 1 aliphatic rings. The van der Waals surface area contributed by atoms with Crippen molar-refractivity contribution in [3.8, 4) is 0 Å². The highest BCUT2D eigenvalue weighted by atomic mass is 16.5. The Morgan fingerprint density at radius 1 is 1.53 bits per heavy atom. The van der Waals surface area contributed by atoms with E-state index in [0.29, 0.717) is 12.1 Å². The van der Waals surface area contributed by atoms with Gasteiger partial charge in [-0.05, 0) is 27.2 Å². The van der Waals surface area contributed by atoms with Crippen LogP contribution in [0.1, 0.15) is 43.3 Å². The molecule has 2 heterocycles. The number of aryl methyl sites for hydroxylation is 2. The summed E-state index contributed by atoms with van der Waals surface area (Å²) in [6, 6.07) is 0.954. The van der Waals surface area contributed by atoms with E-state index in [-0.39, 0.29) is 0 Å². The standard InChI is InChI=1S/C13H23N3O/c1-5-9(2)16-6-7-17-8-12(16)13-10(3)14-15-11(13)4/h9,12H,5-8H2,1-4H3,(H,14,15). The molecule has 0 amide bonds. The largest absolute Gasteiger partial charge is 0.378 e. The Balaban J connectivity index is 2.28. The van der Waals surface area contributed by atoms with E-state index in [2.05, 4.69) is 42.8 Å². The second kappa shape index (κ2) is 5.19. The number of morpholine rings is 1. The van der Waals surface area contributed by atoms with Gasteiger partial charge in [0.05, 0.1) is 24.9 Å². The number of aromatic amines is 1. The Bertz CT molecular complexity index is 355. The third kappa shape index (κ3) is 2.38. The van der Waals surface area contributed by atoms with E-state index in [1.54, 1.807) is 0 Å². The van der Waals surface area contributed by atoms with Crippen molar-refractivity contribution < 1.29 is 4.74 Å². The number of hydrogen-bond donors (Lipinski definition) is 1. The van der Waals surface area contributed by atoms with Crippen LogP contribution < -0.4 is 0 Å². The van der Waals surface area contributed by atoms with Gasteiger partial charge in [-0.15, -0.1) is 0 Å². The van der Waals surface area contributed by atoms with Crippen LogP contribution >= 0.6 is 0 Å². The molecule has 0 radical (unpaired) electrons. The van der Waals surface area contributed by atoms with Gasteiger partial charge in [-0.1, -0.05) is 6.92 Å². The zero-order valence-corrected chi connectivity index (χ0v) is 11.3. The molecule has 17 heavy (non-hydrogen) atoms. The van der Waals surface area contributed by atoms with Gasteiger partial charge in [-0.2, -0.15) is 5.10 Å². The van der Waals surface area contributed by atoms with Crippen LogP contribution in [0.5, 0.6) is 0 Å². The van der Waals surface area contributed by atoms with Crippen LogP contribution in [0, 0.1) is 13.8 Å². The average Bonchev–Trinajstić information content (AvgIpc) is 2.68. The summed E-state index contributed by atoms with van der Waals surface area (Å²) in [4.78, 5) is 2.55. The van der Waals surface area contributed by atoms with E-state index in [9.17, 15) is 0 Å². The van der Waals surface area contributed by atoms with Crippen molar-refractivity contribution in [2.24, 2.45) is 0 Å². The normalized spacial score (nSPS) is 23.9. The first-order valence-electron chi connectivity index (χ1n) is 6.50. The van der Waals surface area contributed by atoms with Gasteiger partial charge in [0, 0.05) is 23.8 Å². The molecule has 0 aliphatic carbocycles. The molecular formula is C13H23N3O. The van der Waals surface area contributed by atoms with E-state index in [4.69, 9.17) is 4.74 Å². The second-order valence-electron chi connectivity index (χ2n) is 4.93. The van der Waals surface area contributed by atoms with Crippen molar-refractivity contribution in [1.82, 2.24) is 15.1 Å². The Morgan fingerprint density at radius 3 is 2.88 bits per heavy atom. The predicted molar refractivity (Wildman–Crippen MR) is 68.1 cm³/mol. The number of H-pyrrole nitrogens is 1. The molecule has 0 spiro atoms. The molecule has 1 N–H and O–H groups in total. The van der Waals surface area contributed by atoms with E-state index in [1.165, 1.54) is 17.7 Å². The molecule has 4 heteroatoms. The second-order valence-corrected chi connectivity index (χ2v) is 4.93. The van der Waals surface area contributed by atoms with Gasteiger partial charge in [0.15, 0.2) is 0 Å². The molecule has 1 fully saturated rings. The van der Waals surface area contributed by atoms with E-state index in [1.807, 2.05) is 0 Å². The molecule has 2 atom stereocenters. The van der Waals surface area contributed by atoms with Gasteiger partial charge >= 0.3 is 0 Å². The fourth-order valence-electron chi connectivity index (χ4n) is 2.68. The SMILES string of the molecule is CCC(C)N1CCOCC1c1c(C)n[nH]c1C. The number of ether oxygens (including phenoxy) is 1. The molecule has 1 aliphatic heterocycles. The van der Waals surface area contributed by atoms with Crippen LogP contribution in [0.3, 0.4) is 0 Å². The lowest BCUT2D eigenvalue weighted by atomic mass is 10.0. The maximum absolute atomic E-state index is 5.66. The molecule has 2 unspecified atom stereocenters. The summed E-state index contributed by atoms with van der Waals surface area (Å²) in [6.07, 6.45) is 1.17. The first kappa shape index (κ1) is 12.6. The number of rotatable bonds is 3. The number of nitrogens with zero attached hydrogens (tertiary/aromatic N) is 2. The summed E-state index contributed by atoms with van der Waals surface area (Å²) in [6.45, 7) is 11.3. The summed E-state index contributed by atoms with van der Waals surface area (Å²) in [7, 11) is 0. The van der Waals surface area contributed by atoms with Crippen LogP contribution in [-0.2, 0) is 4.74 Å². The quantitative estimate of drug-likeness (QED) is 0.876. The van der Waals surface area contributed by atoms with Crippen LogP contribution in [0.2, 0.25) is 0 Å². The summed E-state index contributed by atoms with van der Waals surface area (Å²) < 4.78 is 5.66. The fraction of sp³-hybridized carbons (Fsp3) is 0.769. The maximum atomic E-state index is 5.66. The van der Waals surface area contributed by atoms with Crippen molar-refractivity contribution in [3.05, 3.63) is 17.0 Å². The topological polar surface area (TPSA) is 41.1 Å². The minimum atomic E-state index is 0.359. The molecule has 4 nitrogen and oxygen atoms in total. The molecule has 1 aromatic heterocycles. The first-order valence-corrected chi connectivity index (χ1v) is 6.50. The Morgan fingerprint density at radius 2 is 2.29 bits per heavy atom. The Kier molecular flexibility index (Phi) is 3.84. The monoisotopic (exact) mass is 237 g/mol.